The topological polar surface area (TPSA) is 60.9 Å². The molecule has 1 fully saturated rings. The van der Waals surface area contributed by atoms with Crippen molar-refractivity contribution in [2.24, 2.45) is 0 Å². The predicted octanol–water partition coefficient (Wildman–Crippen LogP) is 3.99. The molecule has 1 amide bonds. The Morgan fingerprint density at radius 1 is 0.882 bits per heavy atom. The lowest BCUT2D eigenvalue weighted by atomic mass is 10.1. The third-order valence-corrected chi connectivity index (χ3v) is 8.49. The van der Waals surface area contributed by atoms with E-state index in [1.165, 1.54) is 9.87 Å². The minimum absolute atomic E-state index is 0.104. The number of hydrogen-bond acceptors (Lipinski definition) is 4. The normalized spacial score (nSPS) is 17.6. The monoisotopic (exact) mass is 475 g/mol. The summed E-state index contributed by atoms with van der Waals surface area (Å²) in [5.41, 5.74) is 1.91. The van der Waals surface area contributed by atoms with E-state index in [0.29, 0.717) is 37.4 Å². The van der Waals surface area contributed by atoms with Crippen molar-refractivity contribution in [2.45, 2.75) is 17.7 Å². The standard InChI is InChI=1S/C27H29N3O3S/c31-26(29-20-18-28(19-21-29)16-6-10-22-8-2-1-3-9-22)15-7-17-30-24-13-4-11-23-12-5-14-25(27(23)24)34(30,32)33/h1-6,8-14H,7,15-21H2/b10-6+. The van der Waals surface area contributed by atoms with Crippen LogP contribution in [0.25, 0.3) is 16.8 Å². The zero-order chi connectivity index (χ0) is 23.5. The Hall–Kier alpha value is -3.16. The predicted molar refractivity (Wildman–Crippen MR) is 136 cm³/mol. The zero-order valence-electron chi connectivity index (χ0n) is 19.1. The Bertz CT molecular complexity index is 1310. The maximum Gasteiger partial charge on any atom is 0.265 e. The van der Waals surface area contributed by atoms with Crippen molar-refractivity contribution in [2.75, 3.05) is 43.6 Å². The first-order valence-electron chi connectivity index (χ1n) is 11.8. The molecule has 2 aliphatic heterocycles. The highest BCUT2D eigenvalue weighted by molar-refractivity contribution is 7.93. The van der Waals surface area contributed by atoms with Gasteiger partial charge in [-0.1, -0.05) is 66.7 Å². The Kier molecular flexibility index (Phi) is 6.39. The molecule has 7 heteroatoms. The minimum atomic E-state index is -3.56. The number of amides is 1. The molecule has 2 heterocycles. The smallest absolute Gasteiger partial charge is 0.265 e. The van der Waals surface area contributed by atoms with Gasteiger partial charge in [-0.15, -0.1) is 0 Å². The zero-order valence-corrected chi connectivity index (χ0v) is 20.0. The maximum absolute atomic E-state index is 13.1. The van der Waals surface area contributed by atoms with Gasteiger partial charge >= 0.3 is 0 Å². The number of piperazine rings is 1. The Morgan fingerprint density at radius 2 is 1.62 bits per heavy atom. The third kappa shape index (κ3) is 4.45. The summed E-state index contributed by atoms with van der Waals surface area (Å²) >= 11 is 0. The minimum Gasteiger partial charge on any atom is -0.340 e. The Balaban J connectivity index is 1.11. The van der Waals surface area contributed by atoms with Crippen LogP contribution in [0.1, 0.15) is 18.4 Å². The lowest BCUT2D eigenvalue weighted by Crippen LogP contribution is -2.48. The molecule has 0 atom stereocenters. The number of hydrogen-bond donors (Lipinski definition) is 0. The number of benzene rings is 3. The fourth-order valence-electron chi connectivity index (χ4n) is 4.81. The van der Waals surface area contributed by atoms with E-state index in [9.17, 15) is 13.2 Å². The van der Waals surface area contributed by atoms with Crippen molar-refractivity contribution in [3.8, 4) is 0 Å². The van der Waals surface area contributed by atoms with E-state index in [1.54, 1.807) is 12.1 Å². The van der Waals surface area contributed by atoms with Gasteiger partial charge in [-0.3, -0.25) is 14.0 Å². The maximum atomic E-state index is 13.1. The molecule has 0 saturated carbocycles. The van der Waals surface area contributed by atoms with Crippen LogP contribution in [-0.4, -0.2) is 63.4 Å². The van der Waals surface area contributed by atoms with Gasteiger partial charge in [0.1, 0.15) is 0 Å². The van der Waals surface area contributed by atoms with Gasteiger partial charge in [-0.2, -0.15) is 0 Å². The summed E-state index contributed by atoms with van der Waals surface area (Å²) in [4.78, 5) is 17.4. The highest BCUT2D eigenvalue weighted by Crippen LogP contribution is 2.41. The van der Waals surface area contributed by atoms with E-state index in [4.69, 9.17) is 0 Å². The summed E-state index contributed by atoms with van der Waals surface area (Å²) in [6.07, 6.45) is 5.15. The number of sulfonamides is 1. The molecule has 176 valence electrons. The van der Waals surface area contributed by atoms with Crippen LogP contribution in [0.3, 0.4) is 0 Å². The van der Waals surface area contributed by atoms with Gasteiger partial charge in [-0.25, -0.2) is 8.42 Å². The van der Waals surface area contributed by atoms with Crippen molar-refractivity contribution in [1.29, 1.82) is 0 Å². The lowest BCUT2D eigenvalue weighted by Gasteiger charge is -2.34. The molecule has 0 bridgehead atoms. The van der Waals surface area contributed by atoms with Crippen molar-refractivity contribution < 1.29 is 13.2 Å². The second kappa shape index (κ2) is 9.60. The molecule has 0 aromatic heterocycles. The molecule has 2 aliphatic rings. The van der Waals surface area contributed by atoms with Crippen molar-refractivity contribution in [1.82, 2.24) is 9.80 Å². The summed E-state index contributed by atoms with van der Waals surface area (Å²) in [6, 6.07) is 21.3. The summed E-state index contributed by atoms with van der Waals surface area (Å²) < 4.78 is 27.6. The highest BCUT2D eigenvalue weighted by atomic mass is 32.2. The van der Waals surface area contributed by atoms with Gasteiger partial charge in [0.05, 0.1) is 10.6 Å². The van der Waals surface area contributed by atoms with Gasteiger partial charge in [0.15, 0.2) is 0 Å². The molecular formula is C27H29N3O3S. The highest BCUT2D eigenvalue weighted by Gasteiger charge is 2.35. The Labute approximate surface area is 201 Å². The van der Waals surface area contributed by atoms with Crippen LogP contribution in [0.4, 0.5) is 5.69 Å². The fourth-order valence-corrected chi connectivity index (χ4v) is 6.56. The number of nitrogens with zero attached hydrogens (tertiary/aromatic N) is 3. The van der Waals surface area contributed by atoms with Crippen molar-refractivity contribution in [3.05, 3.63) is 78.4 Å². The average Bonchev–Trinajstić information content (AvgIpc) is 3.08. The largest absolute Gasteiger partial charge is 0.340 e. The molecular weight excluding hydrogens is 446 g/mol. The molecule has 3 aromatic rings. The van der Waals surface area contributed by atoms with Gasteiger partial charge in [0.2, 0.25) is 5.91 Å². The van der Waals surface area contributed by atoms with Crippen LogP contribution >= 0.6 is 0 Å². The molecule has 34 heavy (non-hydrogen) atoms. The van der Waals surface area contributed by atoms with Crippen LogP contribution in [0, 0.1) is 0 Å². The van der Waals surface area contributed by atoms with E-state index in [2.05, 4.69) is 29.2 Å². The summed E-state index contributed by atoms with van der Waals surface area (Å²) in [5, 5.41) is 1.71. The molecule has 0 unspecified atom stereocenters. The fraction of sp³-hybridized carbons (Fsp3) is 0.296. The summed E-state index contributed by atoms with van der Waals surface area (Å²) in [7, 11) is -3.56. The van der Waals surface area contributed by atoms with E-state index >= 15 is 0 Å². The van der Waals surface area contributed by atoms with Gasteiger partial charge in [-0.05, 0) is 29.5 Å². The summed E-state index contributed by atoms with van der Waals surface area (Å²) in [5.74, 6) is 0.104. The van der Waals surface area contributed by atoms with Crippen molar-refractivity contribution >= 4 is 38.5 Å². The quantitative estimate of drug-likeness (QED) is 0.519. The van der Waals surface area contributed by atoms with E-state index in [0.717, 1.165) is 36.1 Å². The average molecular weight is 476 g/mol. The summed E-state index contributed by atoms with van der Waals surface area (Å²) in [6.45, 7) is 4.31. The van der Waals surface area contributed by atoms with Gasteiger partial charge < -0.3 is 4.90 Å². The molecule has 0 spiro atoms. The van der Waals surface area contributed by atoms with Crippen LogP contribution in [0.2, 0.25) is 0 Å². The Morgan fingerprint density at radius 3 is 2.38 bits per heavy atom. The SMILES string of the molecule is O=C(CCCN1c2cccc3cccc(c23)S1(=O)=O)N1CCN(C/C=C/c2ccccc2)CC1. The van der Waals surface area contributed by atoms with Crippen LogP contribution < -0.4 is 4.31 Å². The molecule has 1 saturated heterocycles. The van der Waals surface area contributed by atoms with Crippen LogP contribution in [-0.2, 0) is 14.8 Å². The second-order valence-corrected chi connectivity index (χ2v) is 10.6. The van der Waals surface area contributed by atoms with Crippen molar-refractivity contribution in [3.63, 3.8) is 0 Å². The molecule has 6 nitrogen and oxygen atoms in total. The molecule has 0 N–H and O–H groups in total. The number of carbonyl (C=O) groups is 1. The number of anilines is 1. The first kappa shape index (κ1) is 22.6. The molecule has 3 aromatic carbocycles. The molecule has 5 rings (SSSR count). The third-order valence-electron chi connectivity index (χ3n) is 6.63. The first-order valence-corrected chi connectivity index (χ1v) is 13.2. The first-order chi connectivity index (χ1) is 16.5. The van der Waals surface area contributed by atoms with Gasteiger partial charge in [0, 0.05) is 51.1 Å². The van der Waals surface area contributed by atoms with Crippen LogP contribution in [0.15, 0.2) is 77.7 Å². The number of rotatable bonds is 7. The van der Waals surface area contributed by atoms with Crippen LogP contribution in [0.5, 0.6) is 0 Å². The lowest BCUT2D eigenvalue weighted by molar-refractivity contribution is -0.132. The molecule has 0 radical (unpaired) electrons. The second-order valence-electron chi connectivity index (χ2n) is 8.81. The number of carbonyl (C=O) groups excluding carboxylic acids is 1. The van der Waals surface area contributed by atoms with E-state index in [1.807, 2.05) is 47.4 Å². The van der Waals surface area contributed by atoms with E-state index in [-0.39, 0.29) is 5.91 Å². The van der Waals surface area contributed by atoms with E-state index < -0.39 is 10.0 Å². The molecule has 0 aliphatic carbocycles. The van der Waals surface area contributed by atoms with Gasteiger partial charge in [0.25, 0.3) is 10.0 Å².